The molecule has 0 saturated carbocycles. The molecule has 0 bridgehead atoms. The number of piperazine rings is 1. The summed E-state index contributed by atoms with van der Waals surface area (Å²) in [5, 5.41) is 0.225. The second kappa shape index (κ2) is 7.26. The molecule has 0 spiro atoms. The lowest BCUT2D eigenvalue weighted by Crippen LogP contribution is -2.52. The monoisotopic (exact) mass is 325 g/mol. The molecule has 0 aromatic heterocycles. The molecule has 2 aliphatic heterocycles. The minimum atomic E-state index is -0.336. The molecule has 2 aliphatic rings. The largest absolute Gasteiger partial charge is 0.306 e. The molecule has 0 unspecified atom stereocenters. The van der Waals surface area contributed by atoms with E-state index >= 15 is 0 Å². The summed E-state index contributed by atoms with van der Waals surface area (Å²) in [5.74, 6) is -0.336. The highest BCUT2D eigenvalue weighted by Gasteiger charge is 2.26. The topological polar surface area (TPSA) is 9.72 Å². The van der Waals surface area contributed by atoms with Gasteiger partial charge in [-0.25, -0.2) is 4.39 Å². The predicted octanol–water partition coefficient (Wildman–Crippen LogP) is 2.69. The third-order valence-electron chi connectivity index (χ3n) is 5.00. The highest BCUT2D eigenvalue weighted by Crippen LogP contribution is 2.20. The fourth-order valence-corrected chi connectivity index (χ4v) is 3.75. The van der Waals surface area contributed by atoms with Gasteiger partial charge in [-0.3, -0.25) is 9.80 Å². The molecule has 1 aromatic rings. The minimum Gasteiger partial charge on any atom is -0.306 e. The third kappa shape index (κ3) is 3.99. The van der Waals surface area contributed by atoms with E-state index in [9.17, 15) is 4.39 Å². The standard InChI is InChI=1S/C17H25ClFN3/c1-20-6-4-15(5-7-20)22-10-8-21(9-11-22)13-14-2-3-17(19)16(18)12-14/h2-3,12,15H,4-11,13H2,1H3. The number of nitrogens with zero attached hydrogens (tertiary/aromatic N) is 3. The smallest absolute Gasteiger partial charge is 0.141 e. The van der Waals surface area contributed by atoms with Gasteiger partial charge in [0.05, 0.1) is 5.02 Å². The molecule has 22 heavy (non-hydrogen) atoms. The van der Waals surface area contributed by atoms with Crippen LogP contribution < -0.4 is 0 Å². The molecule has 122 valence electrons. The van der Waals surface area contributed by atoms with Gasteiger partial charge in [0.1, 0.15) is 5.82 Å². The van der Waals surface area contributed by atoms with Gasteiger partial charge < -0.3 is 4.90 Å². The maximum atomic E-state index is 13.2. The zero-order valence-electron chi connectivity index (χ0n) is 13.3. The Kier molecular flexibility index (Phi) is 5.34. The van der Waals surface area contributed by atoms with Crippen LogP contribution in [-0.2, 0) is 6.54 Å². The van der Waals surface area contributed by atoms with E-state index in [-0.39, 0.29) is 10.8 Å². The second-order valence-electron chi connectivity index (χ2n) is 6.60. The molecule has 1 aromatic carbocycles. The van der Waals surface area contributed by atoms with Crippen molar-refractivity contribution >= 4 is 11.6 Å². The summed E-state index contributed by atoms with van der Waals surface area (Å²) >= 11 is 5.86. The van der Waals surface area contributed by atoms with E-state index in [1.54, 1.807) is 6.07 Å². The van der Waals surface area contributed by atoms with E-state index in [1.807, 2.05) is 6.07 Å². The first-order chi connectivity index (χ1) is 10.6. The fourth-order valence-electron chi connectivity index (χ4n) is 3.54. The van der Waals surface area contributed by atoms with Crippen molar-refractivity contribution < 1.29 is 4.39 Å². The van der Waals surface area contributed by atoms with Crippen molar-refractivity contribution in [1.82, 2.24) is 14.7 Å². The van der Waals surface area contributed by atoms with E-state index in [0.717, 1.165) is 44.3 Å². The van der Waals surface area contributed by atoms with Gasteiger partial charge in [-0.05, 0) is 50.7 Å². The summed E-state index contributed by atoms with van der Waals surface area (Å²) in [4.78, 5) is 7.52. The highest BCUT2D eigenvalue weighted by atomic mass is 35.5. The number of hydrogen-bond acceptors (Lipinski definition) is 3. The van der Waals surface area contributed by atoms with E-state index in [2.05, 4.69) is 21.7 Å². The number of hydrogen-bond donors (Lipinski definition) is 0. The molecule has 0 amide bonds. The van der Waals surface area contributed by atoms with Crippen molar-refractivity contribution in [1.29, 1.82) is 0 Å². The van der Waals surface area contributed by atoms with Crippen LogP contribution in [-0.4, -0.2) is 67.1 Å². The van der Waals surface area contributed by atoms with Crippen molar-refractivity contribution in [3.8, 4) is 0 Å². The van der Waals surface area contributed by atoms with Crippen molar-refractivity contribution in [2.75, 3.05) is 46.3 Å². The Morgan fingerprint density at radius 3 is 2.41 bits per heavy atom. The Balaban J connectivity index is 1.48. The lowest BCUT2D eigenvalue weighted by molar-refractivity contribution is 0.0618. The number of rotatable bonds is 3. The molecule has 5 heteroatoms. The number of piperidine rings is 1. The SMILES string of the molecule is CN1CCC(N2CCN(Cc3ccc(F)c(Cl)c3)CC2)CC1. The fraction of sp³-hybridized carbons (Fsp3) is 0.647. The van der Waals surface area contributed by atoms with Gasteiger partial charge in [0.25, 0.3) is 0 Å². The van der Waals surface area contributed by atoms with E-state index in [4.69, 9.17) is 11.6 Å². The number of likely N-dealkylation sites (tertiary alicyclic amines) is 1. The minimum absolute atomic E-state index is 0.225. The summed E-state index contributed by atoms with van der Waals surface area (Å²) in [6, 6.07) is 5.82. The van der Waals surface area contributed by atoms with Crippen LogP contribution in [0.5, 0.6) is 0 Å². The Bertz CT molecular complexity index is 495. The van der Waals surface area contributed by atoms with Crippen LogP contribution in [0.3, 0.4) is 0 Å². The van der Waals surface area contributed by atoms with Crippen LogP contribution in [0, 0.1) is 5.82 Å². The predicted molar refractivity (Wildman–Crippen MR) is 88.8 cm³/mol. The van der Waals surface area contributed by atoms with Crippen molar-refractivity contribution in [3.05, 3.63) is 34.6 Å². The number of halogens is 2. The summed E-state index contributed by atoms with van der Waals surface area (Å²) in [5.41, 5.74) is 1.10. The molecule has 3 rings (SSSR count). The molecular weight excluding hydrogens is 301 g/mol. The van der Waals surface area contributed by atoms with Crippen LogP contribution in [0.25, 0.3) is 0 Å². The van der Waals surface area contributed by atoms with Crippen LogP contribution in [0.2, 0.25) is 5.02 Å². The van der Waals surface area contributed by atoms with Gasteiger partial charge in [0, 0.05) is 38.8 Å². The van der Waals surface area contributed by atoms with E-state index in [1.165, 1.54) is 32.0 Å². The zero-order chi connectivity index (χ0) is 15.5. The highest BCUT2D eigenvalue weighted by molar-refractivity contribution is 6.30. The molecular formula is C17H25ClFN3. The van der Waals surface area contributed by atoms with Crippen LogP contribution in [0.4, 0.5) is 4.39 Å². The summed E-state index contributed by atoms with van der Waals surface area (Å²) in [6.45, 7) is 7.76. The Morgan fingerprint density at radius 2 is 1.77 bits per heavy atom. The Hall–Kier alpha value is -0.680. The Labute approximate surface area is 137 Å². The maximum absolute atomic E-state index is 13.2. The van der Waals surface area contributed by atoms with Gasteiger partial charge in [-0.1, -0.05) is 17.7 Å². The normalized spacial score (nSPS) is 23.0. The first-order valence-electron chi connectivity index (χ1n) is 8.21. The third-order valence-corrected chi connectivity index (χ3v) is 5.29. The molecule has 2 saturated heterocycles. The molecule has 2 heterocycles. The van der Waals surface area contributed by atoms with Gasteiger partial charge >= 0.3 is 0 Å². The van der Waals surface area contributed by atoms with Crippen LogP contribution in [0.15, 0.2) is 18.2 Å². The van der Waals surface area contributed by atoms with Crippen LogP contribution >= 0.6 is 11.6 Å². The molecule has 0 atom stereocenters. The molecule has 3 nitrogen and oxygen atoms in total. The molecule has 2 fully saturated rings. The van der Waals surface area contributed by atoms with Gasteiger partial charge in [0.2, 0.25) is 0 Å². The quantitative estimate of drug-likeness (QED) is 0.846. The summed E-state index contributed by atoms with van der Waals surface area (Å²) in [6.07, 6.45) is 2.59. The summed E-state index contributed by atoms with van der Waals surface area (Å²) < 4.78 is 13.2. The number of benzene rings is 1. The van der Waals surface area contributed by atoms with Crippen molar-refractivity contribution in [2.24, 2.45) is 0 Å². The van der Waals surface area contributed by atoms with Crippen molar-refractivity contribution in [2.45, 2.75) is 25.4 Å². The lowest BCUT2D eigenvalue weighted by atomic mass is 10.0. The van der Waals surface area contributed by atoms with E-state index in [0.29, 0.717) is 0 Å². The second-order valence-corrected chi connectivity index (χ2v) is 7.00. The lowest BCUT2D eigenvalue weighted by Gasteiger charge is -2.42. The zero-order valence-corrected chi connectivity index (χ0v) is 14.0. The van der Waals surface area contributed by atoms with Crippen LogP contribution in [0.1, 0.15) is 18.4 Å². The molecule has 0 aliphatic carbocycles. The average molecular weight is 326 g/mol. The first kappa shape index (κ1) is 16.2. The molecule has 0 radical (unpaired) electrons. The van der Waals surface area contributed by atoms with Crippen molar-refractivity contribution in [3.63, 3.8) is 0 Å². The van der Waals surface area contributed by atoms with Gasteiger partial charge in [0.15, 0.2) is 0 Å². The van der Waals surface area contributed by atoms with Gasteiger partial charge in [-0.15, -0.1) is 0 Å². The maximum Gasteiger partial charge on any atom is 0.141 e. The summed E-state index contributed by atoms with van der Waals surface area (Å²) in [7, 11) is 2.21. The average Bonchev–Trinajstić information content (AvgIpc) is 2.53. The molecule has 0 N–H and O–H groups in total. The Morgan fingerprint density at radius 1 is 1.09 bits per heavy atom. The van der Waals surface area contributed by atoms with Gasteiger partial charge in [-0.2, -0.15) is 0 Å². The van der Waals surface area contributed by atoms with E-state index < -0.39 is 0 Å². The first-order valence-corrected chi connectivity index (χ1v) is 8.58.